The van der Waals surface area contributed by atoms with E-state index in [1.165, 1.54) is 7.11 Å². The van der Waals surface area contributed by atoms with Gasteiger partial charge < -0.3 is 34.6 Å². The number of ether oxygens (including phenoxy) is 3. The lowest BCUT2D eigenvalue weighted by molar-refractivity contribution is -0.132. The van der Waals surface area contributed by atoms with Crippen LogP contribution in [0.1, 0.15) is 42.5 Å². The van der Waals surface area contributed by atoms with Crippen molar-refractivity contribution in [2.75, 3.05) is 66.6 Å². The van der Waals surface area contributed by atoms with Crippen LogP contribution in [-0.2, 0) is 19.1 Å². The van der Waals surface area contributed by atoms with Gasteiger partial charge in [0.15, 0.2) is 0 Å². The topological polar surface area (TPSA) is 113 Å². The number of nitrogens with zero attached hydrogens (tertiary/aromatic N) is 3. The Morgan fingerprint density at radius 3 is 2.67 bits per heavy atom. The number of piperidine rings is 1. The van der Waals surface area contributed by atoms with Crippen LogP contribution in [-0.4, -0.2) is 129 Å². The monoisotopic (exact) mass is 557 g/mol. The molecule has 3 saturated heterocycles. The summed E-state index contributed by atoms with van der Waals surface area (Å²) in [7, 11) is 3.62. The van der Waals surface area contributed by atoms with Crippen molar-refractivity contribution in [1.82, 2.24) is 25.3 Å². The van der Waals surface area contributed by atoms with Crippen molar-refractivity contribution >= 4 is 17.7 Å². The van der Waals surface area contributed by atoms with Crippen molar-refractivity contribution in [2.45, 2.75) is 62.4 Å². The molecule has 11 heteroatoms. The van der Waals surface area contributed by atoms with E-state index in [1.807, 2.05) is 18.2 Å². The lowest BCUT2D eigenvalue weighted by Crippen LogP contribution is -2.64. The first-order valence-corrected chi connectivity index (χ1v) is 14.6. The summed E-state index contributed by atoms with van der Waals surface area (Å²) < 4.78 is 17.5. The van der Waals surface area contributed by atoms with E-state index >= 15 is 0 Å². The molecule has 220 valence electrons. The van der Waals surface area contributed by atoms with E-state index in [-0.39, 0.29) is 43.0 Å². The Balaban J connectivity index is 1.38. The molecule has 2 N–H and O–H groups in total. The quantitative estimate of drug-likeness (QED) is 0.550. The van der Waals surface area contributed by atoms with Gasteiger partial charge in [0.2, 0.25) is 11.8 Å². The summed E-state index contributed by atoms with van der Waals surface area (Å²) in [6.45, 7) is 4.36. The molecule has 4 aliphatic heterocycles. The fourth-order valence-corrected chi connectivity index (χ4v) is 6.42. The number of likely N-dealkylation sites (tertiary alicyclic amines) is 1. The second kappa shape index (κ2) is 13.3. The van der Waals surface area contributed by atoms with Crippen molar-refractivity contribution in [2.24, 2.45) is 0 Å². The fourth-order valence-electron chi connectivity index (χ4n) is 6.42. The standard InChI is InChI=1S/C29H43N5O6/c1-32-12-9-20(10-13-32)33-14-15-34-24(18-33)28(36)30-17-26-23(31-27(35)19-38-2)8-7-21(40-26)11-16-39-25-6-4-3-5-22(25)29(34)37/h3-6,20-21,23-24,26H,7-19H2,1-2H3,(H,30,36)(H,31,35)/t21-,23+,24-,26+/m0/s1. The number of methoxy groups -OCH3 is 1. The second-order valence-electron chi connectivity index (χ2n) is 11.4. The van der Waals surface area contributed by atoms with Gasteiger partial charge in [-0.3, -0.25) is 19.3 Å². The molecule has 3 amide bonds. The van der Waals surface area contributed by atoms with E-state index < -0.39 is 12.1 Å². The maximum atomic E-state index is 13.9. The Morgan fingerprint density at radius 1 is 1.07 bits per heavy atom. The lowest BCUT2D eigenvalue weighted by atomic mass is 9.96. The Kier molecular flexibility index (Phi) is 9.56. The largest absolute Gasteiger partial charge is 0.493 e. The van der Waals surface area contributed by atoms with Crippen molar-refractivity contribution in [1.29, 1.82) is 0 Å². The summed E-state index contributed by atoms with van der Waals surface area (Å²) in [5.41, 5.74) is 0.480. The zero-order chi connectivity index (χ0) is 28.1. The molecule has 0 unspecified atom stereocenters. The number of hydrogen-bond donors (Lipinski definition) is 2. The minimum atomic E-state index is -0.641. The molecule has 0 radical (unpaired) electrons. The van der Waals surface area contributed by atoms with Crippen molar-refractivity contribution in [3.05, 3.63) is 29.8 Å². The van der Waals surface area contributed by atoms with Crippen LogP contribution in [0, 0.1) is 0 Å². The molecule has 4 heterocycles. The van der Waals surface area contributed by atoms with Crippen molar-refractivity contribution in [3.63, 3.8) is 0 Å². The van der Waals surface area contributed by atoms with Crippen LogP contribution in [0.5, 0.6) is 5.75 Å². The molecule has 3 fully saturated rings. The molecule has 0 aromatic heterocycles. The van der Waals surface area contributed by atoms with E-state index in [0.29, 0.717) is 43.5 Å². The normalized spacial score (nSPS) is 29.4. The third kappa shape index (κ3) is 6.76. The van der Waals surface area contributed by atoms with Crippen LogP contribution in [0.15, 0.2) is 24.3 Å². The van der Waals surface area contributed by atoms with E-state index in [1.54, 1.807) is 11.0 Å². The smallest absolute Gasteiger partial charge is 0.258 e. The van der Waals surface area contributed by atoms with E-state index in [4.69, 9.17) is 14.2 Å². The molecule has 11 nitrogen and oxygen atoms in total. The predicted octanol–water partition coefficient (Wildman–Crippen LogP) is 0.485. The van der Waals surface area contributed by atoms with Gasteiger partial charge in [-0.1, -0.05) is 12.1 Å². The van der Waals surface area contributed by atoms with E-state index in [9.17, 15) is 14.4 Å². The number of carbonyl (C=O) groups is 3. The van der Waals surface area contributed by atoms with Gasteiger partial charge in [-0.05, 0) is 58.0 Å². The van der Waals surface area contributed by atoms with Crippen LogP contribution in [0.3, 0.4) is 0 Å². The van der Waals surface area contributed by atoms with Gasteiger partial charge in [-0.25, -0.2) is 0 Å². The molecule has 0 spiro atoms. The number of piperazine rings is 1. The first-order valence-electron chi connectivity index (χ1n) is 14.6. The number of carbonyl (C=O) groups excluding carboxylic acids is 3. The zero-order valence-corrected chi connectivity index (χ0v) is 23.7. The number of benzene rings is 1. The Hall–Kier alpha value is -2.73. The highest BCUT2D eigenvalue weighted by atomic mass is 16.5. The maximum absolute atomic E-state index is 13.9. The van der Waals surface area contributed by atoms with Crippen LogP contribution >= 0.6 is 0 Å². The number of amides is 3. The van der Waals surface area contributed by atoms with Crippen LogP contribution in [0.25, 0.3) is 0 Å². The van der Waals surface area contributed by atoms with Crippen molar-refractivity contribution < 1.29 is 28.6 Å². The van der Waals surface area contributed by atoms with E-state index in [0.717, 1.165) is 45.3 Å². The molecule has 2 bridgehead atoms. The van der Waals surface area contributed by atoms with E-state index in [2.05, 4.69) is 27.5 Å². The van der Waals surface area contributed by atoms with Gasteiger partial charge in [0.05, 0.1) is 30.4 Å². The molecular formula is C29H43N5O6. The highest BCUT2D eigenvalue weighted by Gasteiger charge is 2.40. The predicted molar refractivity (Wildman–Crippen MR) is 148 cm³/mol. The van der Waals surface area contributed by atoms with Crippen LogP contribution in [0.4, 0.5) is 0 Å². The third-order valence-electron chi connectivity index (χ3n) is 8.71. The van der Waals surface area contributed by atoms with Crippen LogP contribution < -0.4 is 15.4 Å². The molecule has 4 atom stereocenters. The van der Waals surface area contributed by atoms with Crippen LogP contribution in [0.2, 0.25) is 0 Å². The molecule has 0 saturated carbocycles. The first-order chi connectivity index (χ1) is 19.4. The number of fused-ring (bicyclic) bond motifs is 4. The Morgan fingerprint density at radius 2 is 1.88 bits per heavy atom. The number of rotatable bonds is 4. The molecule has 5 rings (SSSR count). The van der Waals surface area contributed by atoms with Gasteiger partial charge in [-0.2, -0.15) is 0 Å². The van der Waals surface area contributed by atoms with Gasteiger partial charge in [0, 0.05) is 45.8 Å². The van der Waals surface area contributed by atoms with Crippen molar-refractivity contribution in [3.8, 4) is 5.75 Å². The zero-order valence-electron chi connectivity index (χ0n) is 23.7. The first kappa shape index (κ1) is 28.8. The molecule has 1 aromatic carbocycles. The molecule has 0 aliphatic carbocycles. The second-order valence-corrected chi connectivity index (χ2v) is 11.4. The number of para-hydroxylation sites is 1. The number of hydrogen-bond acceptors (Lipinski definition) is 8. The minimum absolute atomic E-state index is 0.0296. The van der Waals surface area contributed by atoms with Gasteiger partial charge in [0.25, 0.3) is 5.91 Å². The Bertz CT molecular complexity index is 1050. The van der Waals surface area contributed by atoms with Gasteiger partial charge in [0.1, 0.15) is 18.4 Å². The summed E-state index contributed by atoms with van der Waals surface area (Å²) >= 11 is 0. The Labute approximate surface area is 236 Å². The molecular weight excluding hydrogens is 514 g/mol. The average Bonchev–Trinajstić information content (AvgIpc) is 2.96. The summed E-state index contributed by atoms with van der Waals surface area (Å²) in [6.07, 6.45) is 3.77. The summed E-state index contributed by atoms with van der Waals surface area (Å²) in [4.78, 5) is 46.4. The summed E-state index contributed by atoms with van der Waals surface area (Å²) in [6, 6.07) is 6.80. The van der Waals surface area contributed by atoms with Gasteiger partial charge >= 0.3 is 0 Å². The highest BCUT2D eigenvalue weighted by molar-refractivity contribution is 6.00. The average molecular weight is 558 g/mol. The lowest BCUT2D eigenvalue weighted by Gasteiger charge is -2.46. The highest BCUT2D eigenvalue weighted by Crippen LogP contribution is 2.27. The summed E-state index contributed by atoms with van der Waals surface area (Å²) in [5, 5.41) is 6.10. The third-order valence-corrected chi connectivity index (χ3v) is 8.71. The molecule has 4 aliphatic rings. The van der Waals surface area contributed by atoms with Gasteiger partial charge in [-0.15, -0.1) is 0 Å². The maximum Gasteiger partial charge on any atom is 0.258 e. The molecule has 1 aromatic rings. The SMILES string of the molecule is COCC(=O)N[C@@H]1CC[C@H]2CCOc3ccccc3C(=O)N3CCN(C4CCN(C)CC4)C[C@H]3C(=O)NC[C@H]1O2. The number of nitrogens with one attached hydrogen (secondary N) is 2. The minimum Gasteiger partial charge on any atom is -0.493 e. The summed E-state index contributed by atoms with van der Waals surface area (Å²) in [5.74, 6) is -0.0670. The molecule has 40 heavy (non-hydrogen) atoms. The fraction of sp³-hybridized carbons (Fsp3) is 0.690.